The predicted molar refractivity (Wildman–Crippen MR) is 88.2 cm³/mol. The van der Waals surface area contributed by atoms with Crippen molar-refractivity contribution in [2.24, 2.45) is 0 Å². The molecule has 7 nitrogen and oxygen atoms in total. The Kier molecular flexibility index (Phi) is 4.73. The van der Waals surface area contributed by atoms with E-state index in [4.69, 9.17) is 9.84 Å². The quantitative estimate of drug-likeness (QED) is 0.838. The molecule has 0 aliphatic carbocycles. The minimum absolute atomic E-state index is 0.286. The van der Waals surface area contributed by atoms with E-state index in [1.165, 1.54) is 12.8 Å². The molecule has 1 aliphatic rings. The van der Waals surface area contributed by atoms with Crippen LogP contribution in [0, 0.1) is 0 Å². The van der Waals surface area contributed by atoms with Crippen molar-refractivity contribution in [2.75, 3.05) is 36.5 Å². The number of carbonyl (C=O) groups excluding carboxylic acids is 1. The van der Waals surface area contributed by atoms with Crippen LogP contribution in [0.1, 0.15) is 12.8 Å². The monoisotopic (exact) mass is 335 g/mol. The molecule has 2 heterocycles. The van der Waals surface area contributed by atoms with Crippen molar-refractivity contribution in [2.45, 2.75) is 12.8 Å². The highest BCUT2D eigenvalue weighted by Gasteiger charge is 2.16. The van der Waals surface area contributed by atoms with E-state index in [1.807, 2.05) is 12.1 Å². The standard InChI is InChI=1S/C15H17N3O4S/c19-13(8-22-9-14(20)21)16-10-3-4-11-12(7-10)23-15(17-11)18-5-1-2-6-18/h3-4,7H,1-2,5-6,8-9H2,(H,16,19)(H,20,21). The number of fused-ring (bicyclic) bond motifs is 1. The van der Waals surface area contributed by atoms with Gasteiger partial charge in [0.25, 0.3) is 0 Å². The lowest BCUT2D eigenvalue weighted by molar-refractivity contribution is -0.143. The van der Waals surface area contributed by atoms with Crippen LogP contribution in [-0.2, 0) is 14.3 Å². The third kappa shape index (κ3) is 3.96. The van der Waals surface area contributed by atoms with Gasteiger partial charge in [0.15, 0.2) is 5.13 Å². The number of benzene rings is 1. The second-order valence-corrected chi connectivity index (χ2v) is 6.32. The zero-order valence-electron chi connectivity index (χ0n) is 12.4. The molecule has 0 atom stereocenters. The number of thiazole rings is 1. The Balaban J connectivity index is 1.65. The normalized spacial score (nSPS) is 14.3. The van der Waals surface area contributed by atoms with E-state index >= 15 is 0 Å². The number of amides is 1. The summed E-state index contributed by atoms with van der Waals surface area (Å²) in [6.45, 7) is 1.32. The molecule has 2 aromatic rings. The maximum atomic E-state index is 11.7. The first-order chi connectivity index (χ1) is 11.1. The molecule has 23 heavy (non-hydrogen) atoms. The Morgan fingerprint density at radius 3 is 2.83 bits per heavy atom. The number of hydrogen-bond donors (Lipinski definition) is 2. The number of anilines is 2. The lowest BCUT2D eigenvalue weighted by atomic mass is 10.3. The van der Waals surface area contributed by atoms with Crippen molar-refractivity contribution in [1.29, 1.82) is 0 Å². The van der Waals surface area contributed by atoms with Crippen LogP contribution < -0.4 is 10.2 Å². The maximum Gasteiger partial charge on any atom is 0.329 e. The molecular formula is C15H17N3O4S. The molecule has 1 aromatic heterocycles. The van der Waals surface area contributed by atoms with E-state index in [2.05, 4.69) is 15.2 Å². The first-order valence-electron chi connectivity index (χ1n) is 7.37. The van der Waals surface area contributed by atoms with Gasteiger partial charge in [-0.2, -0.15) is 0 Å². The lowest BCUT2D eigenvalue weighted by Gasteiger charge is -2.11. The highest BCUT2D eigenvalue weighted by atomic mass is 32.1. The van der Waals surface area contributed by atoms with Crippen molar-refractivity contribution in [3.8, 4) is 0 Å². The van der Waals surface area contributed by atoms with Gasteiger partial charge >= 0.3 is 5.97 Å². The van der Waals surface area contributed by atoms with Gasteiger partial charge in [-0.1, -0.05) is 11.3 Å². The van der Waals surface area contributed by atoms with Gasteiger partial charge in [-0.25, -0.2) is 9.78 Å². The zero-order chi connectivity index (χ0) is 16.2. The van der Waals surface area contributed by atoms with E-state index in [0.29, 0.717) is 5.69 Å². The summed E-state index contributed by atoms with van der Waals surface area (Å²) in [4.78, 5) is 28.9. The summed E-state index contributed by atoms with van der Waals surface area (Å²) in [5.74, 6) is -1.48. The van der Waals surface area contributed by atoms with E-state index in [-0.39, 0.29) is 12.5 Å². The molecule has 8 heteroatoms. The molecule has 1 fully saturated rings. The number of rotatable bonds is 6. The van der Waals surface area contributed by atoms with Crippen LogP contribution in [0.3, 0.4) is 0 Å². The van der Waals surface area contributed by atoms with E-state index in [0.717, 1.165) is 28.4 Å². The fourth-order valence-corrected chi connectivity index (χ4v) is 3.52. The van der Waals surface area contributed by atoms with Gasteiger partial charge in [0.05, 0.1) is 10.2 Å². The minimum Gasteiger partial charge on any atom is -0.480 e. The van der Waals surface area contributed by atoms with Gasteiger partial charge in [0.2, 0.25) is 5.91 Å². The van der Waals surface area contributed by atoms with Crippen LogP contribution >= 0.6 is 11.3 Å². The molecule has 0 unspecified atom stereocenters. The number of hydrogen-bond acceptors (Lipinski definition) is 6. The van der Waals surface area contributed by atoms with Gasteiger partial charge in [-0.05, 0) is 31.0 Å². The van der Waals surface area contributed by atoms with E-state index in [9.17, 15) is 9.59 Å². The molecule has 1 saturated heterocycles. The van der Waals surface area contributed by atoms with E-state index < -0.39 is 12.6 Å². The summed E-state index contributed by atoms with van der Waals surface area (Å²) in [6.07, 6.45) is 2.40. The highest BCUT2D eigenvalue weighted by Crippen LogP contribution is 2.32. The topological polar surface area (TPSA) is 91.8 Å². The Labute approximate surface area is 136 Å². The van der Waals surface area contributed by atoms with Crippen LogP contribution in [0.15, 0.2) is 18.2 Å². The van der Waals surface area contributed by atoms with Crippen LogP contribution in [0.5, 0.6) is 0 Å². The number of aromatic nitrogens is 1. The Morgan fingerprint density at radius 1 is 1.30 bits per heavy atom. The number of nitrogens with zero attached hydrogens (tertiary/aromatic N) is 2. The fourth-order valence-electron chi connectivity index (χ4n) is 2.46. The second-order valence-electron chi connectivity index (χ2n) is 5.31. The first kappa shape index (κ1) is 15.7. The van der Waals surface area contributed by atoms with Crippen molar-refractivity contribution in [3.63, 3.8) is 0 Å². The lowest BCUT2D eigenvalue weighted by Crippen LogP contribution is -2.20. The molecule has 1 aliphatic heterocycles. The van der Waals surface area contributed by atoms with Crippen LogP contribution in [0.4, 0.5) is 10.8 Å². The summed E-state index contributed by atoms with van der Waals surface area (Å²) in [5, 5.41) is 12.2. The highest BCUT2D eigenvalue weighted by molar-refractivity contribution is 7.22. The van der Waals surface area contributed by atoms with Gasteiger partial charge in [-0.3, -0.25) is 4.79 Å². The summed E-state index contributed by atoms with van der Waals surface area (Å²) in [7, 11) is 0. The summed E-state index contributed by atoms with van der Waals surface area (Å²) >= 11 is 1.61. The first-order valence-corrected chi connectivity index (χ1v) is 8.18. The smallest absolute Gasteiger partial charge is 0.329 e. The summed E-state index contributed by atoms with van der Waals surface area (Å²) in [5.41, 5.74) is 1.56. The molecule has 3 rings (SSSR count). The number of carboxylic acids is 1. The van der Waals surface area contributed by atoms with Crippen LogP contribution in [0.25, 0.3) is 10.2 Å². The van der Waals surface area contributed by atoms with Crippen molar-refractivity contribution in [3.05, 3.63) is 18.2 Å². The zero-order valence-corrected chi connectivity index (χ0v) is 13.3. The third-order valence-electron chi connectivity index (χ3n) is 3.50. The second kappa shape index (κ2) is 6.93. The number of nitrogens with one attached hydrogen (secondary N) is 1. The number of aliphatic carboxylic acids is 1. The van der Waals surface area contributed by atoms with Gasteiger partial charge in [0, 0.05) is 18.8 Å². The third-order valence-corrected chi connectivity index (χ3v) is 4.58. The van der Waals surface area contributed by atoms with Gasteiger partial charge < -0.3 is 20.1 Å². The molecular weight excluding hydrogens is 318 g/mol. The molecule has 122 valence electrons. The molecule has 2 N–H and O–H groups in total. The Morgan fingerprint density at radius 2 is 2.09 bits per heavy atom. The predicted octanol–water partition coefficient (Wildman–Crippen LogP) is 1.94. The average Bonchev–Trinajstić information content (AvgIpc) is 3.15. The Hall–Kier alpha value is -2.19. The summed E-state index contributed by atoms with van der Waals surface area (Å²) in [6, 6.07) is 5.53. The average molecular weight is 335 g/mol. The van der Waals surface area contributed by atoms with Crippen molar-refractivity contribution in [1.82, 2.24) is 4.98 Å². The van der Waals surface area contributed by atoms with Crippen LogP contribution in [-0.4, -0.2) is 48.3 Å². The number of ether oxygens (including phenoxy) is 1. The van der Waals surface area contributed by atoms with Gasteiger partial charge in [-0.15, -0.1) is 0 Å². The fraction of sp³-hybridized carbons (Fsp3) is 0.400. The van der Waals surface area contributed by atoms with Crippen LogP contribution in [0.2, 0.25) is 0 Å². The molecule has 0 radical (unpaired) electrons. The minimum atomic E-state index is -1.10. The van der Waals surface area contributed by atoms with E-state index in [1.54, 1.807) is 17.4 Å². The number of carboxylic acid groups (broad SMARTS) is 1. The summed E-state index contributed by atoms with van der Waals surface area (Å²) < 4.78 is 5.77. The molecule has 1 aromatic carbocycles. The van der Waals surface area contributed by atoms with Gasteiger partial charge in [0.1, 0.15) is 13.2 Å². The number of carbonyl (C=O) groups is 2. The molecule has 0 bridgehead atoms. The Bertz CT molecular complexity index is 725. The maximum absolute atomic E-state index is 11.7. The van der Waals surface area contributed by atoms with Crippen molar-refractivity contribution < 1.29 is 19.4 Å². The molecule has 0 saturated carbocycles. The van der Waals surface area contributed by atoms with Crippen molar-refractivity contribution >= 4 is 44.2 Å². The largest absolute Gasteiger partial charge is 0.480 e. The molecule has 0 spiro atoms. The SMILES string of the molecule is O=C(O)COCC(=O)Nc1ccc2nc(N3CCCC3)sc2c1. The molecule has 1 amide bonds.